The van der Waals surface area contributed by atoms with Crippen molar-refractivity contribution in [2.75, 3.05) is 75.9 Å². The molecule has 0 aliphatic heterocycles. The van der Waals surface area contributed by atoms with Crippen LogP contribution in [0, 0.1) is 0 Å². The Hall–Kier alpha value is -8.36. The first kappa shape index (κ1) is 65.2. The highest BCUT2D eigenvalue weighted by atomic mass is 16.5. The monoisotopic (exact) mass is 1130 g/mol. The quantitative estimate of drug-likeness (QED) is 0.0295. The van der Waals surface area contributed by atoms with E-state index in [1.807, 2.05) is 0 Å². The van der Waals surface area contributed by atoms with Crippen molar-refractivity contribution in [1.29, 1.82) is 0 Å². The van der Waals surface area contributed by atoms with E-state index in [9.17, 15) is 38.4 Å². The predicted molar refractivity (Wildman–Crippen MR) is 308 cm³/mol. The first-order valence-corrected chi connectivity index (χ1v) is 26.7. The van der Waals surface area contributed by atoms with E-state index in [-0.39, 0.29) is 87.3 Å². The van der Waals surface area contributed by atoms with E-state index in [4.69, 9.17) is 53.3 Å². The SMILES string of the molecule is COc1ccc(NC(=O)[C@H](CCCCN)NC(=O)c2cc(NC(=O)C(CCCCN)NC(=O)c3cc(NC(=O)[C@H](CCCCN)NC(=O)c4cc(NC(=O)C(N)CCCCN)ccc4OC)ccc3OC)ccc2OC)cc1C(N)=O. The molecule has 0 spiro atoms. The lowest BCUT2D eigenvalue weighted by Crippen LogP contribution is -2.44. The van der Waals surface area contributed by atoms with Crippen LogP contribution >= 0.6 is 0 Å². The minimum atomic E-state index is -1.17. The van der Waals surface area contributed by atoms with Crippen LogP contribution in [0.3, 0.4) is 0 Å². The fraction of sp³-hybridized carbons (Fsp3) is 0.429. The summed E-state index contributed by atoms with van der Waals surface area (Å²) >= 11 is 0. The highest BCUT2D eigenvalue weighted by Crippen LogP contribution is 2.28. The molecule has 0 heterocycles. The third-order valence-corrected chi connectivity index (χ3v) is 12.9. The molecule has 4 aromatic rings. The van der Waals surface area contributed by atoms with Gasteiger partial charge in [0.2, 0.25) is 23.6 Å². The number of ether oxygens (including phenoxy) is 4. The number of unbranched alkanes of at least 4 members (excludes halogenated alkanes) is 4. The largest absolute Gasteiger partial charge is 0.496 e. The van der Waals surface area contributed by atoms with Gasteiger partial charge in [-0.2, -0.15) is 0 Å². The smallest absolute Gasteiger partial charge is 0.255 e. The summed E-state index contributed by atoms with van der Waals surface area (Å²) < 4.78 is 21.7. The Bertz CT molecular complexity index is 2800. The summed E-state index contributed by atoms with van der Waals surface area (Å²) in [6, 6.07) is 13.3. The van der Waals surface area contributed by atoms with Gasteiger partial charge in [-0.3, -0.25) is 38.4 Å². The van der Waals surface area contributed by atoms with Crippen LogP contribution in [0.5, 0.6) is 23.0 Å². The second kappa shape index (κ2) is 33.9. The molecule has 25 nitrogen and oxygen atoms in total. The summed E-state index contributed by atoms with van der Waals surface area (Å²) in [5, 5.41) is 19.3. The maximum Gasteiger partial charge on any atom is 0.255 e. The maximum atomic E-state index is 14.2. The highest BCUT2D eigenvalue weighted by Gasteiger charge is 2.29. The average Bonchev–Trinajstić information content (AvgIpc) is 3.48. The summed E-state index contributed by atoms with van der Waals surface area (Å²) in [6.45, 7) is 1.46. The molecule has 0 aliphatic rings. The Balaban J connectivity index is 1.55. The maximum absolute atomic E-state index is 14.2. The van der Waals surface area contributed by atoms with Crippen LogP contribution in [0.1, 0.15) is 118 Å². The zero-order valence-electron chi connectivity index (χ0n) is 46.4. The molecule has 81 heavy (non-hydrogen) atoms. The minimum Gasteiger partial charge on any atom is -0.496 e. The second-order valence-corrected chi connectivity index (χ2v) is 18.8. The fourth-order valence-corrected chi connectivity index (χ4v) is 8.42. The van der Waals surface area contributed by atoms with Gasteiger partial charge in [0.15, 0.2) is 0 Å². The lowest BCUT2D eigenvalue weighted by molar-refractivity contribution is -0.118. The zero-order valence-corrected chi connectivity index (χ0v) is 46.4. The van der Waals surface area contributed by atoms with Gasteiger partial charge in [0, 0.05) is 22.7 Å². The molecule has 8 amide bonds. The van der Waals surface area contributed by atoms with Crippen molar-refractivity contribution in [2.24, 2.45) is 34.4 Å². The predicted octanol–water partition coefficient (Wildman–Crippen LogP) is 2.81. The van der Waals surface area contributed by atoms with Crippen molar-refractivity contribution < 1.29 is 57.3 Å². The van der Waals surface area contributed by atoms with Crippen LogP contribution in [0.2, 0.25) is 0 Å². The standard InChI is InChI=1S/C56H79N13O12/c1-78-45-21-17-33(29-37(45)49(62)70)64-54(75)42(14-6-10-26-58)67-51(72)39-31-35(19-23-47(39)80-3)66-56(77)44(16-8-12-28-60)69-52(73)40-32-36(20-24-48(40)81-4)65-55(76)43(15-7-11-27-59)68-50(71)38-30-34(18-22-46(38)79-2)63-53(74)41(61)13-5-9-25-57/h17-24,29-32,41-44H,5-16,25-28,57-61H2,1-4H3,(H2,62,70)(H,63,74)(H,64,75)(H,65,76)(H,66,77)(H,67,72)(H,68,71)(H,69,73)/t41?,42-,43-,44?/m0/s1. The van der Waals surface area contributed by atoms with Crippen molar-refractivity contribution >= 4 is 70.0 Å². The van der Waals surface area contributed by atoms with Gasteiger partial charge in [-0.1, -0.05) is 6.42 Å². The molecular weight excluding hydrogens is 1050 g/mol. The van der Waals surface area contributed by atoms with E-state index in [0.717, 1.165) is 0 Å². The van der Waals surface area contributed by atoms with Gasteiger partial charge in [-0.25, -0.2) is 0 Å². The van der Waals surface area contributed by atoms with E-state index in [0.29, 0.717) is 84.0 Å². The number of carbonyl (C=O) groups excluding carboxylic acids is 8. The third-order valence-electron chi connectivity index (χ3n) is 12.9. The average molecular weight is 1130 g/mol. The van der Waals surface area contributed by atoms with E-state index < -0.39 is 71.4 Å². The number of carbonyl (C=O) groups is 8. The molecule has 440 valence electrons. The summed E-state index contributed by atoms with van der Waals surface area (Å²) in [6.07, 6.45) is 5.28. The summed E-state index contributed by atoms with van der Waals surface area (Å²) in [5.41, 5.74) is 35.3. The van der Waals surface area contributed by atoms with E-state index in [2.05, 4.69) is 37.2 Å². The summed E-state index contributed by atoms with van der Waals surface area (Å²) in [7, 11) is 5.44. The van der Waals surface area contributed by atoms with Crippen LogP contribution in [0.15, 0.2) is 72.8 Å². The van der Waals surface area contributed by atoms with Gasteiger partial charge in [-0.15, -0.1) is 0 Å². The lowest BCUT2D eigenvalue weighted by Gasteiger charge is -2.22. The number of hydrogen-bond donors (Lipinski definition) is 13. The molecule has 2 unspecified atom stereocenters. The van der Waals surface area contributed by atoms with Crippen molar-refractivity contribution in [3.63, 3.8) is 0 Å². The molecule has 0 saturated carbocycles. The second-order valence-electron chi connectivity index (χ2n) is 18.8. The van der Waals surface area contributed by atoms with Gasteiger partial charge in [0.1, 0.15) is 41.1 Å². The summed E-state index contributed by atoms with van der Waals surface area (Å²) in [5.74, 6) is -4.64. The number of anilines is 4. The number of amides is 8. The topological polar surface area (TPSA) is 414 Å². The molecule has 0 aliphatic carbocycles. The Labute approximate surface area is 471 Å². The van der Waals surface area contributed by atoms with Crippen molar-refractivity contribution in [1.82, 2.24) is 16.0 Å². The van der Waals surface area contributed by atoms with Gasteiger partial charge >= 0.3 is 0 Å². The molecule has 0 bridgehead atoms. The van der Waals surface area contributed by atoms with Crippen molar-refractivity contribution in [2.45, 2.75) is 101 Å². The molecule has 0 radical (unpaired) electrons. The van der Waals surface area contributed by atoms with Crippen LogP contribution < -0.4 is 90.6 Å². The number of benzene rings is 4. The zero-order chi connectivity index (χ0) is 59.4. The summed E-state index contributed by atoms with van der Waals surface area (Å²) in [4.78, 5) is 109. The van der Waals surface area contributed by atoms with Crippen LogP contribution in [-0.2, 0) is 19.2 Å². The van der Waals surface area contributed by atoms with Crippen LogP contribution in [0.4, 0.5) is 22.7 Å². The molecule has 4 aromatic carbocycles. The van der Waals surface area contributed by atoms with E-state index in [1.54, 1.807) is 6.07 Å². The number of hydrogen-bond acceptors (Lipinski definition) is 17. The minimum absolute atomic E-state index is 0.0325. The third kappa shape index (κ3) is 20.0. The Kier molecular flexibility index (Phi) is 27.3. The van der Waals surface area contributed by atoms with E-state index >= 15 is 0 Å². The van der Waals surface area contributed by atoms with E-state index in [1.165, 1.54) is 95.2 Å². The lowest BCUT2D eigenvalue weighted by atomic mass is 10.1. The molecule has 0 aromatic heterocycles. The number of rotatable bonds is 35. The van der Waals surface area contributed by atoms with Gasteiger partial charge in [-0.05, 0) is 170 Å². The number of nitrogens with two attached hydrogens (primary N) is 6. The molecule has 0 saturated heterocycles. The Morgan fingerprint density at radius 1 is 0.383 bits per heavy atom. The van der Waals surface area contributed by atoms with Crippen LogP contribution in [-0.4, -0.2) is 126 Å². The first-order valence-electron chi connectivity index (χ1n) is 26.7. The molecule has 19 N–H and O–H groups in total. The number of primary amides is 1. The highest BCUT2D eigenvalue weighted by molar-refractivity contribution is 6.07. The molecular formula is C56H79N13O12. The molecule has 25 heteroatoms. The van der Waals surface area contributed by atoms with Gasteiger partial charge < -0.3 is 90.6 Å². The number of nitrogens with one attached hydrogen (secondary N) is 7. The Morgan fingerprint density at radius 3 is 0.914 bits per heavy atom. The molecule has 4 rings (SSSR count). The normalized spacial score (nSPS) is 12.3. The van der Waals surface area contributed by atoms with Crippen LogP contribution in [0.25, 0.3) is 0 Å². The fourth-order valence-electron chi connectivity index (χ4n) is 8.42. The van der Waals surface area contributed by atoms with Crippen molar-refractivity contribution in [3.05, 3.63) is 95.1 Å². The van der Waals surface area contributed by atoms with Gasteiger partial charge in [0.05, 0.1) is 56.7 Å². The first-order chi connectivity index (χ1) is 38.9. The molecule has 0 fully saturated rings. The molecule has 4 atom stereocenters. The number of methoxy groups -OCH3 is 4. The van der Waals surface area contributed by atoms with Crippen molar-refractivity contribution in [3.8, 4) is 23.0 Å². The van der Waals surface area contributed by atoms with Gasteiger partial charge in [0.25, 0.3) is 23.6 Å². The Morgan fingerprint density at radius 2 is 0.642 bits per heavy atom.